The van der Waals surface area contributed by atoms with Gasteiger partial charge in [-0.15, -0.1) is 0 Å². The van der Waals surface area contributed by atoms with Crippen molar-refractivity contribution in [3.05, 3.63) is 97.1 Å². The molecule has 0 fully saturated rings. The molecule has 0 aromatic heterocycles. The fourth-order valence-electron chi connectivity index (χ4n) is 4.91. The quantitative estimate of drug-likeness (QED) is 0.117. The second-order valence-corrected chi connectivity index (χ2v) is 18.5. The third-order valence-corrected chi connectivity index (χ3v) is 12.2. The second kappa shape index (κ2) is 11.4. The van der Waals surface area contributed by atoms with Crippen LogP contribution in [0.4, 0.5) is 50.4 Å². The molecule has 2 nitrogen and oxygen atoms in total. The summed E-state index contributed by atoms with van der Waals surface area (Å²) in [5, 5.41) is 0.905. The maximum atomic E-state index is 9.87. The average Bonchev–Trinajstić information content (AvgIpc) is 2.92. The summed E-state index contributed by atoms with van der Waals surface area (Å²) in [6.07, 6.45) is 1.10. The first kappa shape index (κ1) is 37.0. The van der Waals surface area contributed by atoms with Crippen LogP contribution in [0.5, 0.6) is 23.0 Å². The van der Waals surface area contributed by atoms with E-state index in [2.05, 4.69) is 111 Å². The summed E-state index contributed by atoms with van der Waals surface area (Å²) in [6, 6.07) is 34.4. The Morgan fingerprint density at radius 3 is 0.957 bits per heavy atom. The van der Waals surface area contributed by atoms with Gasteiger partial charge in [-0.25, -0.2) is 0 Å². The Morgan fingerprint density at radius 1 is 0.468 bits per heavy atom. The van der Waals surface area contributed by atoms with E-state index < -0.39 is 15.6 Å². The molecule has 0 saturated carbocycles. The SMILES string of the molecule is CC[C@@H]([C@H](C)[S+]1c2ccccc2Oc2ccccc21)[S+]1c2ccccc2Oc2ccccc21.F[P-](F)(F)(F)(F)F.F[P-](F)(F)(F)(F)F. The van der Waals surface area contributed by atoms with Gasteiger partial charge in [0, 0.05) is 0 Å². The number of benzene rings is 4. The van der Waals surface area contributed by atoms with Crippen LogP contribution >= 0.6 is 15.6 Å². The molecule has 2 heterocycles. The Morgan fingerprint density at radius 2 is 0.702 bits per heavy atom. The summed E-state index contributed by atoms with van der Waals surface area (Å²) in [5.74, 6) is 4.00. The van der Waals surface area contributed by atoms with Crippen LogP contribution < -0.4 is 9.47 Å². The molecule has 0 aliphatic carbocycles. The number of rotatable bonds is 4. The van der Waals surface area contributed by atoms with E-state index in [1.54, 1.807) is 0 Å². The minimum atomic E-state index is -10.7. The molecule has 0 radical (unpaired) electrons. The first-order valence-corrected chi connectivity index (χ1v) is 20.1. The predicted octanol–water partition coefficient (Wildman–Crippen LogP) is 14.6. The Hall–Kier alpha value is -2.80. The van der Waals surface area contributed by atoms with Crippen molar-refractivity contribution < 1.29 is 59.8 Å². The van der Waals surface area contributed by atoms with Gasteiger partial charge in [-0.2, -0.15) is 0 Å². The zero-order valence-electron chi connectivity index (χ0n) is 24.2. The van der Waals surface area contributed by atoms with E-state index in [1.165, 1.54) is 19.6 Å². The van der Waals surface area contributed by atoms with E-state index in [9.17, 15) is 50.4 Å². The number of hydrogen-bond acceptors (Lipinski definition) is 2. The number of hydrogen-bond donors (Lipinski definition) is 0. The number of para-hydroxylation sites is 4. The van der Waals surface area contributed by atoms with Crippen LogP contribution in [0.3, 0.4) is 0 Å². The maximum absolute atomic E-state index is 10.7. The van der Waals surface area contributed by atoms with Gasteiger partial charge in [-0.05, 0) is 61.9 Å². The zero-order valence-corrected chi connectivity index (χ0v) is 27.6. The first-order chi connectivity index (χ1) is 21.2. The van der Waals surface area contributed by atoms with Gasteiger partial charge in [0.25, 0.3) is 0 Å². The van der Waals surface area contributed by atoms with Crippen molar-refractivity contribution in [1.82, 2.24) is 0 Å². The van der Waals surface area contributed by atoms with Gasteiger partial charge >= 0.3 is 66.0 Å². The molecule has 0 unspecified atom stereocenters. The van der Waals surface area contributed by atoms with Crippen molar-refractivity contribution in [2.75, 3.05) is 0 Å². The molecule has 0 spiro atoms. The van der Waals surface area contributed by atoms with Crippen LogP contribution in [0.2, 0.25) is 0 Å². The molecule has 6 rings (SSSR count). The van der Waals surface area contributed by atoms with E-state index in [0.29, 0.717) is 10.5 Å². The van der Waals surface area contributed by atoms with E-state index in [4.69, 9.17) is 9.47 Å². The van der Waals surface area contributed by atoms with E-state index in [0.717, 1.165) is 29.4 Å². The molecule has 2 aliphatic heterocycles. The molecule has 0 saturated heterocycles. The number of fused-ring (bicyclic) bond motifs is 4. The van der Waals surface area contributed by atoms with Crippen LogP contribution in [0.15, 0.2) is 117 Å². The molecule has 260 valence electrons. The fraction of sp³-hybridized carbons (Fsp3) is 0.172. The monoisotopic (exact) mass is 760 g/mol. The molecule has 2 aliphatic rings. The summed E-state index contributed by atoms with van der Waals surface area (Å²) in [7, 11) is -21.5. The second-order valence-electron chi connectivity index (χ2n) is 10.2. The summed E-state index contributed by atoms with van der Waals surface area (Å²) >= 11 is 0. The predicted molar refractivity (Wildman–Crippen MR) is 164 cm³/mol. The average molecular weight is 761 g/mol. The van der Waals surface area contributed by atoms with Crippen LogP contribution in [-0.2, 0) is 21.8 Å². The third-order valence-electron chi connectivity index (χ3n) is 6.38. The van der Waals surface area contributed by atoms with Gasteiger partial charge in [0.15, 0.2) is 33.5 Å². The number of ether oxygens (including phenoxy) is 2. The molecule has 2 atom stereocenters. The Bertz CT molecular complexity index is 1630. The number of halogens is 12. The summed E-state index contributed by atoms with van der Waals surface area (Å²) in [5.41, 5.74) is 0. The normalized spacial score (nSPS) is 18.3. The van der Waals surface area contributed by atoms with Crippen molar-refractivity contribution in [1.29, 1.82) is 0 Å². The molecular weight excluding hydrogens is 734 g/mol. The molecule has 4 aromatic rings. The van der Waals surface area contributed by atoms with Gasteiger partial charge < -0.3 is 9.47 Å². The minimum absolute atomic E-state index is 0.0766. The Balaban J connectivity index is 0.000000301. The fourth-order valence-corrected chi connectivity index (χ4v) is 10.9. The summed E-state index contributed by atoms with van der Waals surface area (Å²) < 4.78 is 131. The Labute approximate surface area is 267 Å². The zero-order chi connectivity index (χ0) is 35.2. The molecule has 18 heteroatoms. The standard InChI is InChI=1S/C29H26O2S2.2F6P/c1-3-25(33-28-18-10-6-14-23(28)31-24-15-7-11-19-29(24)33)20(2)32-26-16-8-4-12-21(26)30-22-13-5-9-17-27(22)32;2*1-7(2,3,4,5)6/h4-20,25H,3H2,1-2H3;;/q+2;2*-1/t20-,25-;;/m0../s1. The van der Waals surface area contributed by atoms with Crippen LogP contribution in [0, 0.1) is 0 Å². The Kier molecular flexibility index (Phi) is 8.97. The van der Waals surface area contributed by atoms with Gasteiger partial charge in [0.2, 0.25) is 19.6 Å². The van der Waals surface area contributed by atoms with Crippen LogP contribution in [0.25, 0.3) is 0 Å². The molecular formula is C29H26F12O2P2S2. The van der Waals surface area contributed by atoms with Gasteiger partial charge in [-0.1, -0.05) is 55.5 Å². The van der Waals surface area contributed by atoms with Crippen molar-refractivity contribution >= 4 is 37.4 Å². The summed E-state index contributed by atoms with van der Waals surface area (Å²) in [4.78, 5) is 5.29. The molecule has 0 N–H and O–H groups in total. The first-order valence-electron chi connectivity index (χ1n) is 13.5. The topological polar surface area (TPSA) is 18.5 Å². The van der Waals surface area contributed by atoms with Crippen LogP contribution in [0.1, 0.15) is 20.3 Å². The van der Waals surface area contributed by atoms with E-state index in [1.807, 2.05) is 0 Å². The van der Waals surface area contributed by atoms with Crippen molar-refractivity contribution in [3.8, 4) is 23.0 Å². The molecule has 47 heavy (non-hydrogen) atoms. The van der Waals surface area contributed by atoms with Crippen molar-refractivity contribution in [3.63, 3.8) is 0 Å². The van der Waals surface area contributed by atoms with Crippen LogP contribution in [-0.4, -0.2) is 10.5 Å². The van der Waals surface area contributed by atoms with Gasteiger partial charge in [0.05, 0.1) is 21.8 Å². The van der Waals surface area contributed by atoms with Gasteiger partial charge in [0.1, 0.15) is 0 Å². The van der Waals surface area contributed by atoms with Crippen molar-refractivity contribution in [2.24, 2.45) is 0 Å². The van der Waals surface area contributed by atoms with Crippen molar-refractivity contribution in [2.45, 2.75) is 50.4 Å². The van der Waals surface area contributed by atoms with E-state index in [-0.39, 0.29) is 21.8 Å². The van der Waals surface area contributed by atoms with E-state index >= 15 is 0 Å². The summed E-state index contributed by atoms with van der Waals surface area (Å²) in [6.45, 7) is 4.79. The third kappa shape index (κ3) is 11.7. The molecule has 4 aromatic carbocycles. The molecule has 0 bridgehead atoms. The molecule has 0 amide bonds. The van der Waals surface area contributed by atoms with Gasteiger partial charge in [-0.3, -0.25) is 0 Å².